The molecule has 0 aliphatic rings. The molecular weight excluding hydrogens is 292 g/mol. The number of halogens is 1. The zero-order valence-electron chi connectivity index (χ0n) is 10.7. The third kappa shape index (κ3) is 2.83. The highest BCUT2D eigenvalue weighted by Gasteiger charge is 2.21. The number of nitrogens with zero attached hydrogens (tertiary/aromatic N) is 3. The van der Waals surface area contributed by atoms with E-state index in [-0.39, 0.29) is 27.5 Å². The number of aromatic nitrogens is 1. The Bertz CT molecular complexity index is 766. The van der Waals surface area contributed by atoms with Gasteiger partial charge in [0.1, 0.15) is 6.07 Å². The van der Waals surface area contributed by atoms with Gasteiger partial charge >= 0.3 is 0 Å². The number of rotatable bonds is 3. The van der Waals surface area contributed by atoms with Crippen molar-refractivity contribution < 1.29 is 4.92 Å². The van der Waals surface area contributed by atoms with Crippen molar-refractivity contribution in [2.24, 2.45) is 5.73 Å². The molecule has 0 unspecified atom stereocenters. The number of nitrogens with two attached hydrogens (primary N) is 1. The Labute approximate surface area is 125 Å². The minimum Gasteiger partial charge on any atom is -0.397 e. The molecule has 0 saturated carbocycles. The smallest absolute Gasteiger partial charge is 0.280 e. The summed E-state index contributed by atoms with van der Waals surface area (Å²) in [4.78, 5) is 14.4. The Morgan fingerprint density at radius 3 is 2.57 bits per heavy atom. The highest BCUT2D eigenvalue weighted by Crippen LogP contribution is 2.33. The number of benzene rings is 1. The summed E-state index contributed by atoms with van der Waals surface area (Å²) in [7, 11) is 0. The number of hydrogen-bond donors (Lipinski definition) is 1. The molecule has 0 amide bonds. The van der Waals surface area contributed by atoms with Crippen LogP contribution in [0.1, 0.15) is 11.1 Å². The lowest BCUT2D eigenvalue weighted by Crippen LogP contribution is -2.05. The van der Waals surface area contributed by atoms with E-state index in [2.05, 4.69) is 4.98 Å². The minimum absolute atomic E-state index is 0.0394. The molecule has 1 aromatic carbocycles. The largest absolute Gasteiger partial charge is 0.397 e. The van der Waals surface area contributed by atoms with Gasteiger partial charge < -0.3 is 5.73 Å². The van der Waals surface area contributed by atoms with E-state index < -0.39 is 4.92 Å². The number of nitriles is 1. The molecular formula is C14H9ClN4O2. The molecule has 21 heavy (non-hydrogen) atoms. The lowest BCUT2D eigenvalue weighted by molar-refractivity contribution is -0.385. The first-order chi connectivity index (χ1) is 10.1. The molecule has 0 aliphatic carbocycles. The van der Waals surface area contributed by atoms with E-state index in [0.29, 0.717) is 5.56 Å². The standard InChI is InChI=1S/C14H9ClN4O2/c15-11-2-1-3-12(19(20)21)13(11)14(17)10(8-16)9-4-6-18-7-5-9/h1-7H,17H2/b14-10-. The first-order valence-electron chi connectivity index (χ1n) is 5.79. The Hall–Kier alpha value is -2.91. The summed E-state index contributed by atoms with van der Waals surface area (Å²) < 4.78 is 0. The Balaban J connectivity index is 2.74. The van der Waals surface area contributed by atoms with Crippen LogP contribution >= 0.6 is 11.6 Å². The molecule has 104 valence electrons. The Morgan fingerprint density at radius 2 is 2.00 bits per heavy atom. The number of pyridine rings is 1. The number of allylic oxidation sites excluding steroid dienone is 1. The fourth-order valence-electron chi connectivity index (χ4n) is 1.86. The van der Waals surface area contributed by atoms with Crippen LogP contribution in [0.5, 0.6) is 0 Å². The Kier molecular flexibility index (Phi) is 4.16. The maximum atomic E-state index is 11.1. The predicted octanol–water partition coefficient (Wildman–Crippen LogP) is 2.99. The lowest BCUT2D eigenvalue weighted by Gasteiger charge is -2.08. The normalized spacial score (nSPS) is 11.4. The van der Waals surface area contributed by atoms with Crippen molar-refractivity contribution in [3.63, 3.8) is 0 Å². The van der Waals surface area contributed by atoms with E-state index in [1.807, 2.05) is 6.07 Å². The number of nitro benzene ring substituents is 1. The van der Waals surface area contributed by atoms with Crippen LogP contribution in [0, 0.1) is 21.4 Å². The molecule has 7 heteroatoms. The van der Waals surface area contributed by atoms with Crippen molar-refractivity contribution in [3.8, 4) is 6.07 Å². The van der Waals surface area contributed by atoms with Crippen LogP contribution in [-0.2, 0) is 0 Å². The molecule has 6 nitrogen and oxygen atoms in total. The molecule has 0 saturated heterocycles. The molecule has 0 atom stereocenters. The monoisotopic (exact) mass is 300 g/mol. The summed E-state index contributed by atoms with van der Waals surface area (Å²) in [5, 5.41) is 20.5. The second-order valence-corrected chi connectivity index (χ2v) is 4.43. The van der Waals surface area contributed by atoms with Crippen LogP contribution in [0.4, 0.5) is 5.69 Å². The molecule has 2 N–H and O–H groups in total. The van der Waals surface area contributed by atoms with E-state index >= 15 is 0 Å². The van der Waals surface area contributed by atoms with Gasteiger partial charge in [0.05, 0.1) is 26.8 Å². The van der Waals surface area contributed by atoms with E-state index in [0.717, 1.165) is 0 Å². The van der Waals surface area contributed by atoms with E-state index in [9.17, 15) is 15.4 Å². The fourth-order valence-corrected chi connectivity index (χ4v) is 2.13. The average Bonchev–Trinajstić information content (AvgIpc) is 2.48. The maximum absolute atomic E-state index is 11.1. The summed E-state index contributed by atoms with van der Waals surface area (Å²) in [6, 6.07) is 9.36. The van der Waals surface area contributed by atoms with Gasteiger partial charge in [0.25, 0.3) is 5.69 Å². The second-order valence-electron chi connectivity index (χ2n) is 4.03. The molecule has 0 fully saturated rings. The molecule has 2 rings (SSSR count). The van der Waals surface area contributed by atoms with Gasteiger partial charge in [0.15, 0.2) is 0 Å². The highest BCUT2D eigenvalue weighted by atomic mass is 35.5. The zero-order chi connectivity index (χ0) is 15.4. The summed E-state index contributed by atoms with van der Waals surface area (Å²) in [6.07, 6.45) is 3.00. The average molecular weight is 301 g/mol. The molecule has 0 bridgehead atoms. The molecule has 0 spiro atoms. The minimum atomic E-state index is -0.588. The first-order valence-corrected chi connectivity index (χ1v) is 6.17. The van der Waals surface area contributed by atoms with Crippen LogP contribution < -0.4 is 5.73 Å². The van der Waals surface area contributed by atoms with Gasteiger partial charge in [-0.05, 0) is 23.8 Å². The van der Waals surface area contributed by atoms with Gasteiger partial charge in [0, 0.05) is 18.5 Å². The van der Waals surface area contributed by atoms with Crippen molar-refractivity contribution in [2.75, 3.05) is 0 Å². The van der Waals surface area contributed by atoms with Gasteiger partial charge in [-0.1, -0.05) is 17.7 Å². The van der Waals surface area contributed by atoms with Crippen molar-refractivity contribution in [1.29, 1.82) is 5.26 Å². The van der Waals surface area contributed by atoms with Gasteiger partial charge in [0.2, 0.25) is 0 Å². The van der Waals surface area contributed by atoms with Crippen molar-refractivity contribution >= 4 is 28.6 Å². The third-order valence-corrected chi connectivity index (χ3v) is 3.12. The number of nitro groups is 1. The van der Waals surface area contributed by atoms with Crippen molar-refractivity contribution in [3.05, 3.63) is 69.0 Å². The van der Waals surface area contributed by atoms with E-state index in [1.165, 1.54) is 30.6 Å². The lowest BCUT2D eigenvalue weighted by atomic mass is 10.0. The van der Waals surface area contributed by atoms with Crippen LogP contribution in [0.3, 0.4) is 0 Å². The summed E-state index contributed by atoms with van der Waals surface area (Å²) >= 11 is 6.02. The third-order valence-electron chi connectivity index (χ3n) is 2.81. The van der Waals surface area contributed by atoms with Crippen LogP contribution in [0.15, 0.2) is 42.7 Å². The van der Waals surface area contributed by atoms with Crippen molar-refractivity contribution in [1.82, 2.24) is 4.98 Å². The van der Waals surface area contributed by atoms with Crippen LogP contribution in [0.25, 0.3) is 11.3 Å². The van der Waals surface area contributed by atoms with Gasteiger partial charge in [-0.3, -0.25) is 15.1 Å². The van der Waals surface area contributed by atoms with E-state index in [1.54, 1.807) is 12.1 Å². The highest BCUT2D eigenvalue weighted by molar-refractivity contribution is 6.33. The fraction of sp³-hybridized carbons (Fsp3) is 0. The zero-order valence-corrected chi connectivity index (χ0v) is 11.4. The quantitative estimate of drug-likeness (QED) is 0.533. The van der Waals surface area contributed by atoms with Gasteiger partial charge in [-0.15, -0.1) is 0 Å². The SMILES string of the molecule is N#C/C(=C(/N)c1c(Cl)cccc1[N+](=O)[O-])c1ccncc1. The molecule has 0 radical (unpaired) electrons. The van der Waals surface area contributed by atoms with Gasteiger partial charge in [-0.2, -0.15) is 5.26 Å². The van der Waals surface area contributed by atoms with E-state index in [4.69, 9.17) is 17.3 Å². The van der Waals surface area contributed by atoms with Crippen LogP contribution in [-0.4, -0.2) is 9.91 Å². The first kappa shape index (κ1) is 14.5. The molecule has 1 aromatic heterocycles. The molecule has 2 aromatic rings. The second kappa shape index (κ2) is 6.03. The Morgan fingerprint density at radius 1 is 1.33 bits per heavy atom. The van der Waals surface area contributed by atoms with Gasteiger partial charge in [-0.25, -0.2) is 0 Å². The number of hydrogen-bond acceptors (Lipinski definition) is 5. The summed E-state index contributed by atoms with van der Waals surface area (Å²) in [5.41, 5.74) is 6.34. The maximum Gasteiger partial charge on any atom is 0.280 e. The van der Waals surface area contributed by atoms with Crippen LogP contribution in [0.2, 0.25) is 5.02 Å². The molecule has 1 heterocycles. The topological polar surface area (TPSA) is 106 Å². The van der Waals surface area contributed by atoms with Crippen molar-refractivity contribution in [2.45, 2.75) is 0 Å². The molecule has 0 aliphatic heterocycles. The summed E-state index contributed by atoms with van der Waals surface area (Å²) in [5.74, 6) is 0. The summed E-state index contributed by atoms with van der Waals surface area (Å²) in [6.45, 7) is 0. The predicted molar refractivity (Wildman–Crippen MR) is 79.0 cm³/mol.